The van der Waals surface area contributed by atoms with Crippen LogP contribution in [0, 0.1) is 0 Å². The Kier molecular flexibility index (Phi) is 5.15. The Labute approximate surface area is 261 Å². The van der Waals surface area contributed by atoms with Gasteiger partial charge in [0, 0.05) is 52.8 Å². The maximum absolute atomic E-state index is 5.40. The average molecular weight is 594 g/mol. The zero-order valence-corrected chi connectivity index (χ0v) is 24.4. The second kappa shape index (κ2) is 9.51. The van der Waals surface area contributed by atoms with Crippen molar-refractivity contribution < 1.29 is 0 Å². The van der Waals surface area contributed by atoms with Crippen LogP contribution >= 0.6 is 0 Å². The van der Waals surface area contributed by atoms with Gasteiger partial charge in [-0.05, 0) is 66.7 Å². The Morgan fingerprint density at radius 2 is 0.935 bits per heavy atom. The smallest absolute Gasteiger partial charge is 0.239 e. The molecule has 0 saturated heterocycles. The van der Waals surface area contributed by atoms with E-state index in [1.165, 1.54) is 0 Å². The lowest BCUT2D eigenvalue weighted by Gasteiger charge is -2.11. The number of aromatic nitrogens is 7. The van der Waals surface area contributed by atoms with Gasteiger partial charge in [-0.15, -0.1) is 0 Å². The molecule has 46 heavy (non-hydrogen) atoms. The van der Waals surface area contributed by atoms with Crippen molar-refractivity contribution in [2.24, 2.45) is 9.98 Å². The highest BCUT2D eigenvalue weighted by Crippen LogP contribution is 2.34. The van der Waals surface area contributed by atoms with Crippen molar-refractivity contribution >= 4 is 83.6 Å². The fraction of sp³-hybridized carbons (Fsp3) is 0.0270. The van der Waals surface area contributed by atoms with Gasteiger partial charge in [0.25, 0.3) is 0 Å². The number of nitrogens with zero attached hydrogens (tertiary/aromatic N) is 9. The average Bonchev–Trinajstić information content (AvgIpc) is 3.69. The zero-order valence-electron chi connectivity index (χ0n) is 24.4. The van der Waals surface area contributed by atoms with E-state index in [9.17, 15) is 0 Å². The van der Waals surface area contributed by atoms with Gasteiger partial charge in [0.15, 0.2) is 0 Å². The summed E-state index contributed by atoms with van der Waals surface area (Å²) in [5, 5.41) is 4.32. The number of para-hydroxylation sites is 2. The summed E-state index contributed by atoms with van der Waals surface area (Å²) < 4.78 is 6.36. The predicted molar refractivity (Wildman–Crippen MR) is 184 cm³/mol. The molecule has 0 aliphatic carbocycles. The maximum atomic E-state index is 5.40. The van der Waals surface area contributed by atoms with Crippen LogP contribution in [-0.4, -0.2) is 45.4 Å². The molecule has 9 heteroatoms. The summed E-state index contributed by atoms with van der Waals surface area (Å²) in [6, 6.07) is 32.9. The Hall–Kier alpha value is -6.48. The molecule has 9 nitrogen and oxygen atoms in total. The molecule has 9 aromatic rings. The SMILES string of the molecule is C1=C(n2c3cccnc3c3ncccc32)N=C(n2c3ccccc3c3cccnc32)N=C(n2c3ccccc3c3cccnc32)C1. The number of aliphatic imine (C=N–C) groups is 2. The second-order valence-electron chi connectivity index (χ2n) is 11.2. The molecule has 7 aromatic heterocycles. The molecule has 0 amide bonds. The fourth-order valence-electron chi connectivity index (χ4n) is 6.85. The van der Waals surface area contributed by atoms with Crippen LogP contribution in [-0.2, 0) is 0 Å². The summed E-state index contributed by atoms with van der Waals surface area (Å²) in [5.74, 6) is 2.04. The van der Waals surface area contributed by atoms with Crippen molar-refractivity contribution in [3.05, 3.63) is 128 Å². The van der Waals surface area contributed by atoms with E-state index in [2.05, 4.69) is 86.5 Å². The first kappa shape index (κ1) is 24.9. The summed E-state index contributed by atoms with van der Waals surface area (Å²) in [6.07, 6.45) is 9.89. The number of pyridine rings is 4. The predicted octanol–water partition coefficient (Wildman–Crippen LogP) is 7.64. The highest BCUT2D eigenvalue weighted by atomic mass is 15.3. The van der Waals surface area contributed by atoms with Crippen molar-refractivity contribution in [1.29, 1.82) is 0 Å². The third-order valence-electron chi connectivity index (χ3n) is 8.74. The van der Waals surface area contributed by atoms with Crippen molar-refractivity contribution in [1.82, 2.24) is 33.6 Å². The topological polar surface area (TPSA) is 91.1 Å². The molecule has 0 spiro atoms. The van der Waals surface area contributed by atoms with Crippen LogP contribution in [0.2, 0.25) is 0 Å². The lowest BCUT2D eigenvalue weighted by molar-refractivity contribution is 1.12. The molecule has 10 rings (SSSR count). The number of fused-ring (bicyclic) bond motifs is 9. The minimum Gasteiger partial charge on any atom is -0.291 e. The molecule has 1 aliphatic heterocycles. The van der Waals surface area contributed by atoms with Gasteiger partial charge < -0.3 is 0 Å². The molecule has 0 atom stereocenters. The first-order chi connectivity index (χ1) is 22.8. The number of allylic oxidation sites excluding steroid dienone is 1. The fourth-order valence-corrected chi connectivity index (χ4v) is 6.85. The maximum Gasteiger partial charge on any atom is 0.239 e. The number of hydrogen-bond acceptors (Lipinski definition) is 6. The third-order valence-corrected chi connectivity index (χ3v) is 8.74. The quantitative estimate of drug-likeness (QED) is 0.196. The molecule has 0 bridgehead atoms. The second-order valence-corrected chi connectivity index (χ2v) is 11.2. The summed E-state index contributed by atoms with van der Waals surface area (Å²) >= 11 is 0. The molecular weight excluding hydrogens is 570 g/mol. The minimum atomic E-state index is 0.499. The zero-order chi connectivity index (χ0) is 30.2. The van der Waals surface area contributed by atoms with E-state index < -0.39 is 0 Å². The van der Waals surface area contributed by atoms with Crippen molar-refractivity contribution in [3.8, 4) is 0 Å². The van der Waals surface area contributed by atoms with Crippen LogP contribution < -0.4 is 0 Å². The van der Waals surface area contributed by atoms with E-state index in [0.717, 1.165) is 77.6 Å². The summed E-state index contributed by atoms with van der Waals surface area (Å²) in [5.41, 5.74) is 7.15. The Morgan fingerprint density at radius 3 is 1.59 bits per heavy atom. The van der Waals surface area contributed by atoms with Crippen LogP contribution in [0.1, 0.15) is 6.42 Å². The molecule has 0 unspecified atom stereocenters. The lowest BCUT2D eigenvalue weighted by Crippen LogP contribution is -2.17. The van der Waals surface area contributed by atoms with E-state index in [0.29, 0.717) is 12.4 Å². The standard InChI is InChI=1S/C37H23N9/c1-3-13-27-23(9-1)25-11-5-21-40-35(25)45(27)32-18-17-31(44-29-15-7-19-38-33(29)34-30(44)16-8-20-39-34)42-37(43-32)46-28-14-4-2-10-24(28)26-12-6-22-41-36(26)46/h1-17,19-22H,18H2. The van der Waals surface area contributed by atoms with E-state index in [1.807, 2.05) is 42.7 Å². The largest absolute Gasteiger partial charge is 0.291 e. The number of rotatable bonds is 1. The lowest BCUT2D eigenvalue weighted by atomic mass is 10.2. The molecule has 1 aliphatic rings. The van der Waals surface area contributed by atoms with Crippen LogP contribution in [0.5, 0.6) is 0 Å². The normalized spacial score (nSPS) is 14.0. The molecule has 216 valence electrons. The highest BCUT2D eigenvalue weighted by molar-refractivity contribution is 6.18. The Morgan fingerprint density at radius 1 is 0.435 bits per heavy atom. The highest BCUT2D eigenvalue weighted by Gasteiger charge is 2.23. The van der Waals surface area contributed by atoms with E-state index in [-0.39, 0.29) is 0 Å². The molecule has 0 fully saturated rings. The Bertz CT molecular complexity index is 2630. The van der Waals surface area contributed by atoms with Gasteiger partial charge in [0.1, 0.15) is 34.0 Å². The van der Waals surface area contributed by atoms with Crippen LogP contribution in [0.3, 0.4) is 0 Å². The molecule has 2 aromatic carbocycles. The monoisotopic (exact) mass is 593 g/mol. The van der Waals surface area contributed by atoms with Crippen molar-refractivity contribution in [2.75, 3.05) is 0 Å². The van der Waals surface area contributed by atoms with Crippen molar-refractivity contribution in [2.45, 2.75) is 6.42 Å². The molecular formula is C37H23N9. The summed E-state index contributed by atoms with van der Waals surface area (Å²) in [6.45, 7) is 0. The van der Waals surface area contributed by atoms with E-state index in [4.69, 9.17) is 29.9 Å². The Balaban J connectivity index is 1.32. The van der Waals surface area contributed by atoms with Gasteiger partial charge >= 0.3 is 0 Å². The summed E-state index contributed by atoms with van der Waals surface area (Å²) in [7, 11) is 0. The van der Waals surface area contributed by atoms with Gasteiger partial charge in [-0.25, -0.2) is 9.97 Å². The van der Waals surface area contributed by atoms with E-state index >= 15 is 0 Å². The van der Waals surface area contributed by atoms with Gasteiger partial charge in [-0.2, -0.15) is 9.98 Å². The van der Waals surface area contributed by atoms with E-state index in [1.54, 1.807) is 12.4 Å². The number of hydrogen-bond donors (Lipinski definition) is 0. The molecule has 0 N–H and O–H groups in total. The van der Waals surface area contributed by atoms with Gasteiger partial charge in [0.2, 0.25) is 5.96 Å². The third kappa shape index (κ3) is 3.45. The van der Waals surface area contributed by atoms with Crippen LogP contribution in [0.4, 0.5) is 0 Å². The van der Waals surface area contributed by atoms with Gasteiger partial charge in [-0.1, -0.05) is 36.4 Å². The minimum absolute atomic E-state index is 0.499. The van der Waals surface area contributed by atoms with Crippen LogP contribution in [0.25, 0.3) is 71.8 Å². The van der Waals surface area contributed by atoms with Gasteiger partial charge in [-0.3, -0.25) is 23.7 Å². The first-order valence-corrected chi connectivity index (χ1v) is 15.1. The van der Waals surface area contributed by atoms with Crippen molar-refractivity contribution in [3.63, 3.8) is 0 Å². The molecule has 8 heterocycles. The van der Waals surface area contributed by atoms with Gasteiger partial charge in [0.05, 0.1) is 22.1 Å². The van der Waals surface area contributed by atoms with Crippen LogP contribution in [0.15, 0.2) is 138 Å². The number of benzene rings is 2. The first-order valence-electron chi connectivity index (χ1n) is 15.1. The molecule has 0 saturated carbocycles. The summed E-state index contributed by atoms with van der Waals surface area (Å²) in [4.78, 5) is 29.9. The molecule has 0 radical (unpaired) electrons.